The predicted molar refractivity (Wildman–Crippen MR) is 57.4 cm³/mol. The molecule has 0 aromatic carbocycles. The van der Waals surface area contributed by atoms with E-state index in [0.717, 1.165) is 31.6 Å². The van der Waals surface area contributed by atoms with E-state index in [1.807, 2.05) is 0 Å². The highest BCUT2D eigenvalue weighted by Crippen LogP contribution is 2.25. The van der Waals surface area contributed by atoms with Gasteiger partial charge in [-0.15, -0.1) is 0 Å². The minimum atomic E-state index is -0.607. The average Bonchev–Trinajstić information content (AvgIpc) is 2.23. The van der Waals surface area contributed by atoms with E-state index in [1.165, 1.54) is 7.11 Å². The van der Waals surface area contributed by atoms with Crippen LogP contribution in [0.25, 0.3) is 0 Å². The third-order valence-corrected chi connectivity index (χ3v) is 3.01. The molecule has 0 saturated heterocycles. The molecule has 0 bridgehead atoms. The third-order valence-electron chi connectivity index (χ3n) is 3.01. The van der Waals surface area contributed by atoms with Crippen molar-refractivity contribution in [3.05, 3.63) is 0 Å². The van der Waals surface area contributed by atoms with Gasteiger partial charge in [0, 0.05) is 13.7 Å². The Kier molecular flexibility index (Phi) is 5.05. The Morgan fingerprint density at radius 1 is 1.40 bits per heavy atom. The van der Waals surface area contributed by atoms with Gasteiger partial charge in [0.2, 0.25) is 0 Å². The van der Waals surface area contributed by atoms with Gasteiger partial charge >= 0.3 is 5.97 Å². The van der Waals surface area contributed by atoms with Crippen molar-refractivity contribution < 1.29 is 14.3 Å². The molecule has 0 radical (unpaired) electrons. The van der Waals surface area contributed by atoms with Crippen molar-refractivity contribution in [3.63, 3.8) is 0 Å². The number of nitrogens with two attached hydrogens (primary N) is 1. The van der Waals surface area contributed by atoms with Gasteiger partial charge in [-0.3, -0.25) is 0 Å². The molecule has 1 aliphatic carbocycles. The van der Waals surface area contributed by atoms with Crippen molar-refractivity contribution in [3.8, 4) is 0 Å². The van der Waals surface area contributed by atoms with Crippen molar-refractivity contribution in [1.82, 2.24) is 0 Å². The SMILES string of the molecule is COC(CN)C(=O)OC1CCC(C)CC1. The molecule has 88 valence electrons. The zero-order chi connectivity index (χ0) is 11.3. The Labute approximate surface area is 91.1 Å². The average molecular weight is 215 g/mol. The summed E-state index contributed by atoms with van der Waals surface area (Å²) in [4.78, 5) is 11.5. The zero-order valence-electron chi connectivity index (χ0n) is 9.57. The molecule has 4 heteroatoms. The van der Waals surface area contributed by atoms with E-state index in [4.69, 9.17) is 15.2 Å². The maximum atomic E-state index is 11.5. The van der Waals surface area contributed by atoms with Crippen LogP contribution in [0.15, 0.2) is 0 Å². The molecule has 15 heavy (non-hydrogen) atoms. The van der Waals surface area contributed by atoms with Crippen LogP contribution >= 0.6 is 0 Å². The van der Waals surface area contributed by atoms with Gasteiger partial charge in [0.05, 0.1) is 0 Å². The van der Waals surface area contributed by atoms with E-state index in [0.29, 0.717) is 0 Å². The summed E-state index contributed by atoms with van der Waals surface area (Å²) in [7, 11) is 1.47. The molecule has 1 fully saturated rings. The van der Waals surface area contributed by atoms with Gasteiger partial charge in [0.1, 0.15) is 6.10 Å². The van der Waals surface area contributed by atoms with Crippen molar-refractivity contribution in [2.24, 2.45) is 11.7 Å². The Hall–Kier alpha value is -0.610. The van der Waals surface area contributed by atoms with Gasteiger partial charge < -0.3 is 15.2 Å². The zero-order valence-corrected chi connectivity index (χ0v) is 9.57. The second kappa shape index (κ2) is 6.08. The molecule has 1 aliphatic rings. The van der Waals surface area contributed by atoms with Crippen LogP contribution in [0.5, 0.6) is 0 Å². The highest BCUT2D eigenvalue weighted by molar-refractivity contribution is 5.75. The van der Waals surface area contributed by atoms with Crippen LogP contribution in [-0.2, 0) is 14.3 Å². The number of hydrogen-bond acceptors (Lipinski definition) is 4. The van der Waals surface area contributed by atoms with E-state index < -0.39 is 6.10 Å². The van der Waals surface area contributed by atoms with Crippen LogP contribution in [0.2, 0.25) is 0 Å². The molecule has 4 nitrogen and oxygen atoms in total. The number of methoxy groups -OCH3 is 1. The standard InChI is InChI=1S/C11H21NO3/c1-8-3-5-9(6-4-8)15-11(13)10(7-12)14-2/h8-10H,3-7,12H2,1-2H3. The van der Waals surface area contributed by atoms with Crippen molar-refractivity contribution in [1.29, 1.82) is 0 Å². The molecular weight excluding hydrogens is 194 g/mol. The Morgan fingerprint density at radius 3 is 2.47 bits per heavy atom. The first-order chi connectivity index (χ1) is 7.17. The van der Waals surface area contributed by atoms with Crippen LogP contribution in [0.1, 0.15) is 32.6 Å². The summed E-state index contributed by atoms with van der Waals surface area (Å²) in [5, 5.41) is 0. The molecule has 0 aromatic rings. The summed E-state index contributed by atoms with van der Waals surface area (Å²) in [6.07, 6.45) is 3.67. The maximum Gasteiger partial charge on any atom is 0.336 e. The fourth-order valence-electron chi connectivity index (χ4n) is 1.88. The summed E-state index contributed by atoms with van der Waals surface area (Å²) in [5.74, 6) is 0.437. The smallest absolute Gasteiger partial charge is 0.336 e. The summed E-state index contributed by atoms with van der Waals surface area (Å²) in [6, 6.07) is 0. The molecule has 0 aromatic heterocycles. The lowest BCUT2D eigenvalue weighted by Gasteiger charge is -2.27. The summed E-state index contributed by atoms with van der Waals surface area (Å²) >= 11 is 0. The van der Waals surface area contributed by atoms with Gasteiger partial charge in [0.15, 0.2) is 6.10 Å². The minimum absolute atomic E-state index is 0.0675. The molecule has 1 saturated carbocycles. The number of ether oxygens (including phenoxy) is 2. The molecule has 0 heterocycles. The number of esters is 1. The van der Waals surface area contributed by atoms with Crippen LogP contribution in [0.3, 0.4) is 0 Å². The van der Waals surface area contributed by atoms with Crippen LogP contribution in [0, 0.1) is 5.92 Å². The fourth-order valence-corrected chi connectivity index (χ4v) is 1.88. The largest absolute Gasteiger partial charge is 0.460 e. The summed E-state index contributed by atoms with van der Waals surface area (Å²) in [6.45, 7) is 2.41. The molecule has 0 aliphatic heterocycles. The molecule has 1 rings (SSSR count). The number of hydrogen-bond donors (Lipinski definition) is 1. The first kappa shape index (κ1) is 12.5. The predicted octanol–water partition coefficient (Wildman–Crippen LogP) is 1.08. The van der Waals surface area contributed by atoms with Crippen LogP contribution < -0.4 is 5.73 Å². The van der Waals surface area contributed by atoms with E-state index in [9.17, 15) is 4.79 Å². The quantitative estimate of drug-likeness (QED) is 0.713. The van der Waals surface area contributed by atoms with E-state index >= 15 is 0 Å². The van der Waals surface area contributed by atoms with Crippen molar-refractivity contribution in [2.75, 3.05) is 13.7 Å². The van der Waals surface area contributed by atoms with Crippen LogP contribution in [-0.4, -0.2) is 31.8 Å². The highest BCUT2D eigenvalue weighted by Gasteiger charge is 2.25. The van der Waals surface area contributed by atoms with E-state index in [1.54, 1.807) is 0 Å². The van der Waals surface area contributed by atoms with Gasteiger partial charge in [-0.25, -0.2) is 4.79 Å². The lowest BCUT2D eigenvalue weighted by Crippen LogP contribution is -2.36. The van der Waals surface area contributed by atoms with E-state index in [2.05, 4.69) is 6.92 Å². The van der Waals surface area contributed by atoms with Crippen molar-refractivity contribution in [2.45, 2.75) is 44.8 Å². The topological polar surface area (TPSA) is 61.5 Å². The van der Waals surface area contributed by atoms with Gasteiger partial charge in [-0.2, -0.15) is 0 Å². The van der Waals surface area contributed by atoms with Crippen LogP contribution in [0.4, 0.5) is 0 Å². The number of carbonyl (C=O) groups excluding carboxylic acids is 1. The Bertz CT molecular complexity index is 196. The molecule has 2 N–H and O–H groups in total. The second-order valence-electron chi connectivity index (χ2n) is 4.28. The normalized spacial score (nSPS) is 28.5. The molecule has 0 spiro atoms. The Morgan fingerprint density at radius 2 is 2.00 bits per heavy atom. The summed E-state index contributed by atoms with van der Waals surface area (Å²) in [5.41, 5.74) is 5.39. The van der Waals surface area contributed by atoms with Gasteiger partial charge in [-0.1, -0.05) is 6.92 Å². The maximum absolute atomic E-state index is 11.5. The first-order valence-corrected chi connectivity index (χ1v) is 5.60. The lowest BCUT2D eigenvalue weighted by atomic mass is 9.89. The third kappa shape index (κ3) is 3.80. The molecule has 0 amide bonds. The summed E-state index contributed by atoms with van der Waals surface area (Å²) < 4.78 is 10.3. The number of carbonyl (C=O) groups is 1. The molecule has 1 unspecified atom stereocenters. The Balaban J connectivity index is 2.31. The van der Waals surface area contributed by atoms with E-state index in [-0.39, 0.29) is 18.6 Å². The molecular formula is C11H21NO3. The van der Waals surface area contributed by atoms with Gasteiger partial charge in [0.25, 0.3) is 0 Å². The lowest BCUT2D eigenvalue weighted by molar-refractivity contribution is -0.162. The highest BCUT2D eigenvalue weighted by atomic mass is 16.6. The monoisotopic (exact) mass is 215 g/mol. The van der Waals surface area contributed by atoms with Gasteiger partial charge in [-0.05, 0) is 31.6 Å². The number of rotatable bonds is 4. The van der Waals surface area contributed by atoms with Crippen molar-refractivity contribution >= 4 is 5.97 Å². The first-order valence-electron chi connectivity index (χ1n) is 5.60. The fraction of sp³-hybridized carbons (Fsp3) is 0.909. The molecule has 1 atom stereocenters. The minimum Gasteiger partial charge on any atom is -0.460 e. The second-order valence-corrected chi connectivity index (χ2v) is 4.28.